The lowest BCUT2D eigenvalue weighted by Gasteiger charge is -2.33. The van der Waals surface area contributed by atoms with Crippen molar-refractivity contribution in [1.29, 1.82) is 5.26 Å². The van der Waals surface area contributed by atoms with Gasteiger partial charge < -0.3 is 9.47 Å². The predicted octanol–water partition coefficient (Wildman–Crippen LogP) is 2.98. The monoisotopic (exact) mass is 344 g/mol. The molecule has 26 heavy (non-hydrogen) atoms. The molecule has 1 aliphatic heterocycles. The molecular formula is C20H20N6. The molecule has 0 bridgehead atoms. The Morgan fingerprint density at radius 1 is 1.12 bits per heavy atom. The summed E-state index contributed by atoms with van der Waals surface area (Å²) in [5, 5.41) is 8.94. The van der Waals surface area contributed by atoms with Crippen LogP contribution in [0.15, 0.2) is 55.1 Å². The third kappa shape index (κ3) is 3.42. The van der Waals surface area contributed by atoms with Gasteiger partial charge in [-0.3, -0.25) is 4.98 Å². The van der Waals surface area contributed by atoms with Gasteiger partial charge in [0.05, 0.1) is 17.8 Å². The number of nitriles is 1. The summed E-state index contributed by atoms with van der Waals surface area (Å²) in [6.45, 7) is 2.61. The summed E-state index contributed by atoms with van der Waals surface area (Å²) >= 11 is 0. The molecule has 1 aliphatic rings. The fourth-order valence-electron chi connectivity index (χ4n) is 3.52. The SMILES string of the molecule is N#Cc1ccc(N2CCC[C@@H](c3nccn3Cc3ccccn3)C2)nc1. The Bertz CT molecular complexity index is 894. The molecule has 6 nitrogen and oxygen atoms in total. The molecule has 0 radical (unpaired) electrons. The van der Waals surface area contributed by atoms with Crippen molar-refractivity contribution >= 4 is 5.82 Å². The summed E-state index contributed by atoms with van der Waals surface area (Å²) in [7, 11) is 0. The number of anilines is 1. The van der Waals surface area contributed by atoms with Gasteiger partial charge in [-0.2, -0.15) is 5.26 Å². The van der Waals surface area contributed by atoms with Gasteiger partial charge in [0.2, 0.25) is 0 Å². The first kappa shape index (κ1) is 16.3. The van der Waals surface area contributed by atoms with Crippen LogP contribution in [0.1, 0.15) is 35.8 Å². The molecule has 0 amide bonds. The summed E-state index contributed by atoms with van der Waals surface area (Å²) in [6.07, 6.45) is 9.58. The second kappa shape index (κ2) is 7.36. The fourth-order valence-corrected chi connectivity index (χ4v) is 3.52. The summed E-state index contributed by atoms with van der Waals surface area (Å²) in [6, 6.07) is 11.9. The first-order chi connectivity index (χ1) is 12.8. The number of hydrogen-bond acceptors (Lipinski definition) is 5. The number of hydrogen-bond donors (Lipinski definition) is 0. The maximum absolute atomic E-state index is 8.94. The lowest BCUT2D eigenvalue weighted by molar-refractivity contribution is 0.473. The van der Waals surface area contributed by atoms with Crippen molar-refractivity contribution in [2.24, 2.45) is 0 Å². The van der Waals surface area contributed by atoms with Gasteiger partial charge >= 0.3 is 0 Å². The van der Waals surface area contributed by atoms with E-state index >= 15 is 0 Å². The molecule has 1 fully saturated rings. The van der Waals surface area contributed by atoms with E-state index in [2.05, 4.69) is 30.5 Å². The Morgan fingerprint density at radius 3 is 2.85 bits per heavy atom. The molecule has 0 aromatic carbocycles. The lowest BCUT2D eigenvalue weighted by Crippen LogP contribution is -2.36. The van der Waals surface area contributed by atoms with Gasteiger partial charge in [0.15, 0.2) is 0 Å². The first-order valence-electron chi connectivity index (χ1n) is 8.85. The standard InChI is InChI=1S/C20H20N6/c21-12-16-6-7-19(24-13-16)25-10-3-4-17(14-25)20-23-9-11-26(20)15-18-5-1-2-8-22-18/h1-2,5-9,11,13,17H,3-4,10,14-15H2/t17-/m1/s1. The van der Waals surface area contributed by atoms with E-state index in [-0.39, 0.29) is 0 Å². The van der Waals surface area contributed by atoms with Crippen LogP contribution in [-0.2, 0) is 6.54 Å². The van der Waals surface area contributed by atoms with Gasteiger partial charge in [-0.05, 0) is 37.1 Å². The van der Waals surface area contributed by atoms with Crippen LogP contribution in [-0.4, -0.2) is 32.6 Å². The van der Waals surface area contributed by atoms with E-state index in [4.69, 9.17) is 5.26 Å². The van der Waals surface area contributed by atoms with Crippen molar-refractivity contribution in [2.75, 3.05) is 18.0 Å². The molecule has 0 N–H and O–H groups in total. The molecule has 6 heteroatoms. The van der Waals surface area contributed by atoms with Crippen LogP contribution in [0.4, 0.5) is 5.82 Å². The van der Waals surface area contributed by atoms with E-state index in [1.54, 1.807) is 6.20 Å². The third-order valence-corrected chi connectivity index (χ3v) is 4.79. The lowest BCUT2D eigenvalue weighted by atomic mass is 9.97. The Kier molecular flexibility index (Phi) is 4.61. The molecule has 4 rings (SSSR count). The van der Waals surface area contributed by atoms with Crippen molar-refractivity contribution in [3.8, 4) is 6.07 Å². The molecule has 1 saturated heterocycles. The highest BCUT2D eigenvalue weighted by atomic mass is 15.2. The van der Waals surface area contributed by atoms with Crippen molar-refractivity contribution < 1.29 is 0 Å². The zero-order chi connectivity index (χ0) is 17.8. The maximum atomic E-state index is 8.94. The average Bonchev–Trinajstić information content (AvgIpc) is 3.17. The van der Waals surface area contributed by atoms with Gasteiger partial charge in [-0.1, -0.05) is 6.07 Å². The summed E-state index contributed by atoms with van der Waals surface area (Å²) in [4.78, 5) is 15.8. The zero-order valence-electron chi connectivity index (χ0n) is 14.5. The third-order valence-electron chi connectivity index (χ3n) is 4.79. The van der Waals surface area contributed by atoms with E-state index in [1.165, 1.54) is 0 Å². The molecule has 130 valence electrons. The van der Waals surface area contributed by atoms with Gasteiger partial charge in [-0.25, -0.2) is 9.97 Å². The Labute approximate surface area is 152 Å². The highest BCUT2D eigenvalue weighted by Gasteiger charge is 2.25. The second-order valence-corrected chi connectivity index (χ2v) is 6.54. The molecule has 0 spiro atoms. The summed E-state index contributed by atoms with van der Waals surface area (Å²) in [5.74, 6) is 2.39. The highest BCUT2D eigenvalue weighted by Crippen LogP contribution is 2.28. The molecule has 0 aliphatic carbocycles. The molecule has 1 atom stereocenters. The normalized spacial score (nSPS) is 17.0. The van der Waals surface area contributed by atoms with Crippen LogP contribution in [0.3, 0.4) is 0 Å². The van der Waals surface area contributed by atoms with E-state index in [1.807, 2.05) is 48.9 Å². The number of rotatable bonds is 4. The Morgan fingerprint density at radius 2 is 2.08 bits per heavy atom. The summed E-state index contributed by atoms with van der Waals surface area (Å²) < 4.78 is 2.20. The van der Waals surface area contributed by atoms with Gasteiger partial charge in [-0.15, -0.1) is 0 Å². The van der Waals surface area contributed by atoms with Crippen LogP contribution in [0.5, 0.6) is 0 Å². The van der Waals surface area contributed by atoms with Crippen LogP contribution in [0.2, 0.25) is 0 Å². The summed E-state index contributed by atoms with van der Waals surface area (Å²) in [5.41, 5.74) is 1.63. The minimum atomic E-state index is 0.361. The molecule has 4 heterocycles. The quantitative estimate of drug-likeness (QED) is 0.728. The zero-order valence-corrected chi connectivity index (χ0v) is 14.5. The van der Waals surface area contributed by atoms with Gasteiger partial charge in [0.1, 0.15) is 17.7 Å². The average molecular weight is 344 g/mol. The van der Waals surface area contributed by atoms with Crippen molar-refractivity contribution in [2.45, 2.75) is 25.3 Å². The van der Waals surface area contributed by atoms with Gasteiger partial charge in [0.25, 0.3) is 0 Å². The molecule has 3 aromatic heterocycles. The molecule has 0 unspecified atom stereocenters. The van der Waals surface area contributed by atoms with E-state index in [0.29, 0.717) is 11.5 Å². The number of nitrogens with zero attached hydrogens (tertiary/aromatic N) is 6. The smallest absolute Gasteiger partial charge is 0.128 e. The maximum Gasteiger partial charge on any atom is 0.128 e. The topological polar surface area (TPSA) is 70.6 Å². The van der Waals surface area contributed by atoms with Gasteiger partial charge in [0, 0.05) is 43.8 Å². The van der Waals surface area contributed by atoms with Crippen LogP contribution in [0.25, 0.3) is 0 Å². The minimum Gasteiger partial charge on any atom is -0.356 e. The van der Waals surface area contributed by atoms with E-state index < -0.39 is 0 Å². The number of imidazole rings is 1. The van der Waals surface area contributed by atoms with Crippen LogP contribution < -0.4 is 4.90 Å². The van der Waals surface area contributed by atoms with E-state index in [0.717, 1.165) is 49.8 Å². The largest absolute Gasteiger partial charge is 0.356 e. The van der Waals surface area contributed by atoms with E-state index in [9.17, 15) is 0 Å². The Balaban J connectivity index is 1.51. The fraction of sp³-hybridized carbons (Fsp3) is 0.300. The molecular weight excluding hydrogens is 324 g/mol. The molecule has 3 aromatic rings. The minimum absolute atomic E-state index is 0.361. The molecule has 0 saturated carbocycles. The van der Waals surface area contributed by atoms with Crippen molar-refractivity contribution in [3.05, 3.63) is 72.2 Å². The van der Waals surface area contributed by atoms with Crippen molar-refractivity contribution in [1.82, 2.24) is 19.5 Å². The van der Waals surface area contributed by atoms with Crippen LogP contribution >= 0.6 is 0 Å². The first-order valence-corrected chi connectivity index (χ1v) is 8.85. The highest BCUT2D eigenvalue weighted by molar-refractivity contribution is 5.42. The predicted molar refractivity (Wildman–Crippen MR) is 98.7 cm³/mol. The number of aromatic nitrogens is 4. The number of piperidine rings is 1. The van der Waals surface area contributed by atoms with Crippen molar-refractivity contribution in [3.63, 3.8) is 0 Å². The number of pyridine rings is 2. The second-order valence-electron chi connectivity index (χ2n) is 6.54. The van der Waals surface area contributed by atoms with Crippen LogP contribution in [0, 0.1) is 11.3 Å². The Hall–Kier alpha value is -3.20.